The third-order valence-corrected chi connectivity index (χ3v) is 3.80. The summed E-state index contributed by atoms with van der Waals surface area (Å²) < 4.78 is 10.4. The first kappa shape index (κ1) is 14.7. The normalized spacial score (nSPS) is 16.1. The zero-order chi connectivity index (χ0) is 14.6. The summed E-state index contributed by atoms with van der Waals surface area (Å²) in [7, 11) is 3.19. The first-order chi connectivity index (χ1) is 9.56. The molecule has 1 aromatic rings. The fourth-order valence-electron chi connectivity index (χ4n) is 2.38. The first-order valence-corrected chi connectivity index (χ1v) is 6.83. The molecule has 2 rings (SSSR count). The average molecular weight is 278 g/mol. The SMILES string of the molecule is COc1ccc(CNC(=O)CC2(N)CCC2)cc1OC. The monoisotopic (exact) mass is 278 g/mol. The number of methoxy groups -OCH3 is 2. The van der Waals surface area contributed by atoms with Crippen LogP contribution >= 0.6 is 0 Å². The number of rotatable bonds is 6. The summed E-state index contributed by atoms with van der Waals surface area (Å²) in [4.78, 5) is 11.9. The van der Waals surface area contributed by atoms with Gasteiger partial charge in [0, 0.05) is 18.5 Å². The molecule has 1 aliphatic carbocycles. The van der Waals surface area contributed by atoms with Gasteiger partial charge < -0.3 is 20.5 Å². The van der Waals surface area contributed by atoms with E-state index in [9.17, 15) is 4.79 Å². The van der Waals surface area contributed by atoms with Gasteiger partial charge in [-0.1, -0.05) is 6.07 Å². The van der Waals surface area contributed by atoms with E-state index in [1.165, 1.54) is 0 Å². The van der Waals surface area contributed by atoms with E-state index >= 15 is 0 Å². The molecule has 0 saturated heterocycles. The van der Waals surface area contributed by atoms with Crippen LogP contribution < -0.4 is 20.5 Å². The van der Waals surface area contributed by atoms with Crippen LogP contribution in [0.1, 0.15) is 31.2 Å². The fraction of sp³-hybridized carbons (Fsp3) is 0.533. The van der Waals surface area contributed by atoms with Crippen molar-refractivity contribution in [3.05, 3.63) is 23.8 Å². The molecule has 5 nitrogen and oxygen atoms in total. The molecule has 20 heavy (non-hydrogen) atoms. The quantitative estimate of drug-likeness (QED) is 0.829. The molecule has 0 aliphatic heterocycles. The maximum Gasteiger partial charge on any atom is 0.222 e. The predicted molar refractivity (Wildman–Crippen MR) is 76.8 cm³/mol. The molecular formula is C15H22N2O3. The Morgan fingerprint density at radius 3 is 2.55 bits per heavy atom. The number of nitrogens with one attached hydrogen (secondary N) is 1. The predicted octanol–water partition coefficient (Wildman–Crippen LogP) is 1.59. The van der Waals surface area contributed by atoms with Crippen molar-refractivity contribution in [1.82, 2.24) is 5.32 Å². The number of nitrogens with two attached hydrogens (primary N) is 1. The molecule has 0 bridgehead atoms. The molecule has 0 spiro atoms. The Hall–Kier alpha value is -1.75. The minimum absolute atomic E-state index is 0.00184. The number of carbonyl (C=O) groups excluding carboxylic acids is 1. The first-order valence-electron chi connectivity index (χ1n) is 6.83. The van der Waals surface area contributed by atoms with E-state index in [1.54, 1.807) is 14.2 Å². The Morgan fingerprint density at radius 2 is 2.00 bits per heavy atom. The second-order valence-corrected chi connectivity index (χ2v) is 5.36. The van der Waals surface area contributed by atoms with Crippen LogP contribution in [0.5, 0.6) is 11.5 Å². The summed E-state index contributed by atoms with van der Waals surface area (Å²) in [6.45, 7) is 0.468. The van der Waals surface area contributed by atoms with Gasteiger partial charge in [-0.05, 0) is 37.0 Å². The number of ether oxygens (including phenoxy) is 2. The van der Waals surface area contributed by atoms with Gasteiger partial charge in [-0.2, -0.15) is 0 Å². The van der Waals surface area contributed by atoms with Crippen molar-refractivity contribution >= 4 is 5.91 Å². The Balaban J connectivity index is 1.88. The van der Waals surface area contributed by atoms with Gasteiger partial charge in [-0.25, -0.2) is 0 Å². The highest BCUT2D eigenvalue weighted by Crippen LogP contribution is 2.32. The van der Waals surface area contributed by atoms with Crippen molar-refractivity contribution in [3.63, 3.8) is 0 Å². The molecule has 0 atom stereocenters. The van der Waals surface area contributed by atoms with Crippen LogP contribution in [0.15, 0.2) is 18.2 Å². The third-order valence-electron chi connectivity index (χ3n) is 3.80. The number of benzene rings is 1. The van der Waals surface area contributed by atoms with Crippen LogP contribution in [0.3, 0.4) is 0 Å². The van der Waals surface area contributed by atoms with Crippen molar-refractivity contribution in [2.24, 2.45) is 5.73 Å². The van der Waals surface area contributed by atoms with E-state index in [-0.39, 0.29) is 11.4 Å². The molecule has 1 amide bonds. The van der Waals surface area contributed by atoms with Crippen molar-refractivity contribution in [2.75, 3.05) is 14.2 Å². The van der Waals surface area contributed by atoms with Crippen molar-refractivity contribution in [1.29, 1.82) is 0 Å². The Labute approximate surface area is 119 Å². The van der Waals surface area contributed by atoms with E-state index in [0.717, 1.165) is 24.8 Å². The largest absolute Gasteiger partial charge is 0.493 e. The second-order valence-electron chi connectivity index (χ2n) is 5.36. The van der Waals surface area contributed by atoms with Gasteiger partial charge in [0.1, 0.15) is 0 Å². The molecule has 1 aromatic carbocycles. The lowest BCUT2D eigenvalue weighted by atomic mass is 9.75. The molecule has 1 aliphatic rings. The molecule has 0 heterocycles. The molecule has 0 radical (unpaired) electrons. The lowest BCUT2D eigenvalue weighted by Gasteiger charge is -2.37. The molecule has 0 aromatic heterocycles. The van der Waals surface area contributed by atoms with E-state index < -0.39 is 0 Å². The Bertz CT molecular complexity index is 484. The van der Waals surface area contributed by atoms with Gasteiger partial charge in [0.2, 0.25) is 5.91 Å². The smallest absolute Gasteiger partial charge is 0.222 e. The van der Waals surface area contributed by atoms with Gasteiger partial charge in [0.05, 0.1) is 14.2 Å². The highest BCUT2D eigenvalue weighted by Gasteiger charge is 2.34. The van der Waals surface area contributed by atoms with E-state index in [0.29, 0.717) is 24.5 Å². The second kappa shape index (κ2) is 6.13. The highest BCUT2D eigenvalue weighted by molar-refractivity contribution is 5.77. The van der Waals surface area contributed by atoms with Crippen molar-refractivity contribution in [3.8, 4) is 11.5 Å². The van der Waals surface area contributed by atoms with E-state index in [4.69, 9.17) is 15.2 Å². The third kappa shape index (κ3) is 3.42. The number of hydrogen-bond donors (Lipinski definition) is 2. The van der Waals surface area contributed by atoms with Gasteiger partial charge in [0.25, 0.3) is 0 Å². The molecule has 5 heteroatoms. The van der Waals surface area contributed by atoms with Crippen molar-refractivity contribution in [2.45, 2.75) is 37.8 Å². The number of hydrogen-bond acceptors (Lipinski definition) is 4. The Morgan fingerprint density at radius 1 is 1.30 bits per heavy atom. The molecule has 1 fully saturated rings. The average Bonchev–Trinajstić information content (AvgIpc) is 2.43. The zero-order valence-corrected chi connectivity index (χ0v) is 12.1. The summed E-state index contributed by atoms with van der Waals surface area (Å²) in [5, 5.41) is 2.90. The molecule has 1 saturated carbocycles. The maximum absolute atomic E-state index is 11.9. The minimum Gasteiger partial charge on any atom is -0.493 e. The van der Waals surface area contributed by atoms with Crippen LogP contribution in [0, 0.1) is 0 Å². The molecule has 0 unspecified atom stereocenters. The topological polar surface area (TPSA) is 73.6 Å². The minimum atomic E-state index is -0.276. The molecule has 3 N–H and O–H groups in total. The van der Waals surface area contributed by atoms with Gasteiger partial charge in [0.15, 0.2) is 11.5 Å². The van der Waals surface area contributed by atoms with Crippen LogP contribution in [0.25, 0.3) is 0 Å². The lowest BCUT2D eigenvalue weighted by molar-refractivity contribution is -0.123. The van der Waals surface area contributed by atoms with E-state index in [2.05, 4.69) is 5.32 Å². The summed E-state index contributed by atoms with van der Waals surface area (Å²) in [5.74, 6) is 1.34. The standard InChI is InChI=1S/C15H22N2O3/c1-19-12-5-4-11(8-13(12)20-2)10-17-14(18)9-15(16)6-3-7-15/h4-5,8H,3,6-7,9-10,16H2,1-2H3,(H,17,18). The number of amides is 1. The van der Waals surface area contributed by atoms with Gasteiger partial charge in [-0.15, -0.1) is 0 Å². The number of carbonyl (C=O) groups is 1. The van der Waals surface area contributed by atoms with Crippen molar-refractivity contribution < 1.29 is 14.3 Å². The van der Waals surface area contributed by atoms with Gasteiger partial charge >= 0.3 is 0 Å². The maximum atomic E-state index is 11.9. The van der Waals surface area contributed by atoms with Crippen LogP contribution in [0.4, 0.5) is 0 Å². The zero-order valence-electron chi connectivity index (χ0n) is 12.1. The summed E-state index contributed by atoms with van der Waals surface area (Å²) in [6.07, 6.45) is 3.41. The lowest BCUT2D eigenvalue weighted by Crippen LogP contribution is -2.49. The van der Waals surface area contributed by atoms with Gasteiger partial charge in [-0.3, -0.25) is 4.79 Å². The van der Waals surface area contributed by atoms with Crippen LogP contribution in [-0.2, 0) is 11.3 Å². The van der Waals surface area contributed by atoms with Crippen LogP contribution in [0.2, 0.25) is 0 Å². The fourth-order valence-corrected chi connectivity index (χ4v) is 2.38. The Kier molecular flexibility index (Phi) is 4.49. The summed E-state index contributed by atoms with van der Waals surface area (Å²) >= 11 is 0. The highest BCUT2D eigenvalue weighted by atomic mass is 16.5. The van der Waals surface area contributed by atoms with Crippen LogP contribution in [-0.4, -0.2) is 25.7 Å². The molecular weight excluding hydrogens is 256 g/mol. The molecule has 110 valence electrons. The summed E-state index contributed by atoms with van der Waals surface area (Å²) in [5.41, 5.74) is 6.75. The van der Waals surface area contributed by atoms with E-state index in [1.807, 2.05) is 18.2 Å². The summed E-state index contributed by atoms with van der Waals surface area (Å²) in [6, 6.07) is 5.60.